The number of phenols is 1. The Hall–Kier alpha value is -3.00. The van der Waals surface area contributed by atoms with Crippen molar-refractivity contribution in [2.45, 2.75) is 20.0 Å². The van der Waals surface area contributed by atoms with Crippen LogP contribution in [0.1, 0.15) is 19.4 Å². The zero-order valence-corrected chi connectivity index (χ0v) is 13.0. The minimum Gasteiger partial charge on any atom is -0.506 e. The third-order valence-electron chi connectivity index (χ3n) is 3.29. The van der Waals surface area contributed by atoms with Crippen molar-refractivity contribution in [3.63, 3.8) is 0 Å². The highest BCUT2D eigenvalue weighted by Gasteiger charge is 2.25. The summed E-state index contributed by atoms with van der Waals surface area (Å²) in [6, 6.07) is 15.3. The van der Waals surface area contributed by atoms with Gasteiger partial charge in [-0.25, -0.2) is 0 Å². The number of amides is 1. The first-order chi connectivity index (χ1) is 11.0. The normalized spacial score (nSPS) is 11.6. The van der Waals surface area contributed by atoms with Crippen molar-refractivity contribution in [2.24, 2.45) is 5.92 Å². The minimum absolute atomic E-state index is 0.0132. The molecule has 5 nitrogen and oxygen atoms in total. The van der Waals surface area contributed by atoms with Crippen molar-refractivity contribution in [1.82, 2.24) is 0 Å². The van der Waals surface area contributed by atoms with Gasteiger partial charge in [-0.3, -0.25) is 4.79 Å². The molecule has 2 aromatic carbocycles. The highest BCUT2D eigenvalue weighted by molar-refractivity contribution is 5.95. The first kappa shape index (κ1) is 16.4. The highest BCUT2D eigenvalue weighted by atomic mass is 16.5. The molecule has 0 radical (unpaired) electrons. The van der Waals surface area contributed by atoms with Crippen LogP contribution >= 0.6 is 0 Å². The molecule has 2 N–H and O–H groups in total. The van der Waals surface area contributed by atoms with Gasteiger partial charge in [0.1, 0.15) is 17.6 Å². The number of hydrogen-bond donors (Lipinski definition) is 2. The Morgan fingerprint density at radius 1 is 1.17 bits per heavy atom. The van der Waals surface area contributed by atoms with Gasteiger partial charge in [0.25, 0.3) is 5.91 Å². The smallest absolute Gasteiger partial charge is 0.265 e. The SMILES string of the molecule is CC(C)[C@H](Oc1ccccc1C#N)C(=O)Nc1ccccc1O. The topological polar surface area (TPSA) is 82.3 Å². The first-order valence-electron chi connectivity index (χ1n) is 7.27. The number of carbonyl (C=O) groups is 1. The average molecular weight is 310 g/mol. The van der Waals surface area contributed by atoms with Gasteiger partial charge >= 0.3 is 0 Å². The van der Waals surface area contributed by atoms with Crippen LogP contribution in [-0.2, 0) is 4.79 Å². The Bertz CT molecular complexity index is 735. The molecule has 0 aliphatic rings. The maximum atomic E-state index is 12.5. The molecule has 0 aliphatic heterocycles. The van der Waals surface area contributed by atoms with E-state index < -0.39 is 6.10 Å². The van der Waals surface area contributed by atoms with E-state index >= 15 is 0 Å². The van der Waals surface area contributed by atoms with Crippen LogP contribution in [0.3, 0.4) is 0 Å². The third-order valence-corrected chi connectivity index (χ3v) is 3.29. The first-order valence-corrected chi connectivity index (χ1v) is 7.27. The van der Waals surface area contributed by atoms with Crippen LogP contribution in [0.25, 0.3) is 0 Å². The van der Waals surface area contributed by atoms with E-state index in [9.17, 15) is 9.90 Å². The fourth-order valence-corrected chi connectivity index (χ4v) is 2.07. The van der Waals surface area contributed by atoms with Crippen molar-refractivity contribution in [2.75, 3.05) is 5.32 Å². The molecule has 23 heavy (non-hydrogen) atoms. The molecule has 2 rings (SSSR count). The van der Waals surface area contributed by atoms with E-state index in [0.29, 0.717) is 17.0 Å². The molecule has 118 valence electrons. The molecule has 2 aromatic rings. The summed E-state index contributed by atoms with van der Waals surface area (Å²) in [6.45, 7) is 3.70. The van der Waals surface area contributed by atoms with Crippen LogP contribution in [0.5, 0.6) is 11.5 Å². The van der Waals surface area contributed by atoms with E-state index in [1.807, 2.05) is 19.9 Å². The highest BCUT2D eigenvalue weighted by Crippen LogP contribution is 2.24. The standard InChI is InChI=1S/C18H18N2O3/c1-12(2)17(23-16-10-6-3-7-13(16)11-19)18(22)20-14-8-4-5-9-15(14)21/h3-10,12,17,21H,1-2H3,(H,20,22)/t17-/m0/s1. The number of carbonyl (C=O) groups excluding carboxylic acids is 1. The molecule has 0 aliphatic carbocycles. The Balaban J connectivity index is 2.20. The third kappa shape index (κ3) is 4.01. The maximum Gasteiger partial charge on any atom is 0.265 e. The summed E-state index contributed by atoms with van der Waals surface area (Å²) in [6.07, 6.45) is -0.788. The molecule has 5 heteroatoms. The number of hydrogen-bond acceptors (Lipinski definition) is 4. The fraction of sp³-hybridized carbons (Fsp3) is 0.222. The lowest BCUT2D eigenvalue weighted by atomic mass is 10.1. The number of ether oxygens (including phenoxy) is 1. The van der Waals surface area contributed by atoms with E-state index in [1.165, 1.54) is 6.07 Å². The molecule has 0 spiro atoms. The average Bonchev–Trinajstić information content (AvgIpc) is 2.54. The number of nitrogens with zero attached hydrogens (tertiary/aromatic N) is 1. The van der Waals surface area contributed by atoms with E-state index in [4.69, 9.17) is 10.00 Å². The Kier molecular flexibility index (Phi) is 5.21. The van der Waals surface area contributed by atoms with Gasteiger partial charge in [0.2, 0.25) is 0 Å². The molecule has 0 heterocycles. The predicted molar refractivity (Wildman–Crippen MR) is 87.1 cm³/mol. The molecular formula is C18H18N2O3. The number of phenolic OH excluding ortho intramolecular Hbond substituents is 1. The number of benzene rings is 2. The van der Waals surface area contributed by atoms with Crippen LogP contribution in [0, 0.1) is 17.2 Å². The molecule has 0 unspecified atom stereocenters. The van der Waals surface area contributed by atoms with Crippen molar-refractivity contribution in [3.8, 4) is 17.6 Å². The molecule has 0 aromatic heterocycles. The summed E-state index contributed by atoms with van der Waals surface area (Å²) >= 11 is 0. The van der Waals surface area contributed by atoms with Gasteiger partial charge in [-0.1, -0.05) is 38.1 Å². The Morgan fingerprint density at radius 2 is 1.83 bits per heavy atom. The van der Waals surface area contributed by atoms with Crippen molar-refractivity contribution in [1.29, 1.82) is 5.26 Å². The minimum atomic E-state index is -0.788. The van der Waals surface area contributed by atoms with Crippen molar-refractivity contribution >= 4 is 11.6 Å². The summed E-state index contributed by atoms with van der Waals surface area (Å²) in [5.41, 5.74) is 0.689. The Morgan fingerprint density at radius 3 is 2.48 bits per heavy atom. The molecule has 1 atom stereocenters. The second-order valence-corrected chi connectivity index (χ2v) is 5.40. The van der Waals surface area contributed by atoms with Gasteiger partial charge in [-0.15, -0.1) is 0 Å². The lowest BCUT2D eigenvalue weighted by molar-refractivity contribution is -0.124. The van der Waals surface area contributed by atoms with Gasteiger partial charge in [-0.05, 0) is 30.2 Å². The van der Waals surface area contributed by atoms with Gasteiger partial charge in [0.15, 0.2) is 6.10 Å². The van der Waals surface area contributed by atoms with Crippen LogP contribution < -0.4 is 10.1 Å². The van der Waals surface area contributed by atoms with E-state index in [2.05, 4.69) is 5.32 Å². The molecule has 0 saturated carbocycles. The number of nitrogens with one attached hydrogen (secondary N) is 1. The molecule has 0 saturated heterocycles. The Labute approximate surface area is 135 Å². The van der Waals surface area contributed by atoms with Crippen LogP contribution in [-0.4, -0.2) is 17.1 Å². The van der Waals surface area contributed by atoms with Gasteiger partial charge in [-0.2, -0.15) is 5.26 Å². The monoisotopic (exact) mass is 310 g/mol. The predicted octanol–water partition coefficient (Wildman–Crippen LogP) is 3.31. The maximum absolute atomic E-state index is 12.5. The summed E-state index contributed by atoms with van der Waals surface area (Å²) in [5.74, 6) is -0.149. The van der Waals surface area contributed by atoms with Gasteiger partial charge in [0, 0.05) is 0 Å². The van der Waals surface area contributed by atoms with Gasteiger partial charge in [0.05, 0.1) is 11.3 Å². The van der Waals surface area contributed by atoms with Crippen molar-refractivity contribution in [3.05, 3.63) is 54.1 Å². The molecular weight excluding hydrogens is 292 g/mol. The lowest BCUT2D eigenvalue weighted by Crippen LogP contribution is -2.37. The fourth-order valence-electron chi connectivity index (χ4n) is 2.07. The second kappa shape index (κ2) is 7.32. The second-order valence-electron chi connectivity index (χ2n) is 5.40. The van der Waals surface area contributed by atoms with Crippen LogP contribution in [0.2, 0.25) is 0 Å². The van der Waals surface area contributed by atoms with Gasteiger partial charge < -0.3 is 15.2 Å². The number of aromatic hydroxyl groups is 1. The van der Waals surface area contributed by atoms with E-state index in [0.717, 1.165) is 0 Å². The van der Waals surface area contributed by atoms with Crippen LogP contribution in [0.4, 0.5) is 5.69 Å². The lowest BCUT2D eigenvalue weighted by Gasteiger charge is -2.22. The largest absolute Gasteiger partial charge is 0.506 e. The van der Waals surface area contributed by atoms with E-state index in [1.54, 1.807) is 42.5 Å². The zero-order chi connectivity index (χ0) is 16.8. The summed E-state index contributed by atoms with van der Waals surface area (Å²) < 4.78 is 5.76. The molecule has 0 fully saturated rings. The molecule has 0 bridgehead atoms. The van der Waals surface area contributed by atoms with Crippen LogP contribution in [0.15, 0.2) is 48.5 Å². The van der Waals surface area contributed by atoms with E-state index in [-0.39, 0.29) is 17.6 Å². The summed E-state index contributed by atoms with van der Waals surface area (Å²) in [5, 5.41) is 21.5. The summed E-state index contributed by atoms with van der Waals surface area (Å²) in [7, 11) is 0. The number of nitriles is 1. The number of para-hydroxylation sites is 3. The summed E-state index contributed by atoms with van der Waals surface area (Å²) in [4.78, 5) is 12.5. The van der Waals surface area contributed by atoms with Crippen molar-refractivity contribution < 1.29 is 14.6 Å². The zero-order valence-electron chi connectivity index (χ0n) is 13.0. The number of anilines is 1. The quantitative estimate of drug-likeness (QED) is 0.830. The number of rotatable bonds is 5. The molecule has 1 amide bonds.